The maximum Gasteiger partial charge on any atom is 0.219 e. The Bertz CT molecular complexity index is 782. The zero-order chi connectivity index (χ0) is 18.0. The molecule has 1 saturated heterocycles. The molecule has 9 heteroatoms. The number of rotatable bonds is 6. The quantitative estimate of drug-likeness (QED) is 0.782. The number of carbonyl (C=O) groups is 1. The molecule has 0 spiro atoms. The van der Waals surface area contributed by atoms with Crippen molar-refractivity contribution in [2.75, 3.05) is 13.2 Å². The van der Waals surface area contributed by atoms with Gasteiger partial charge in [-0.05, 0) is 38.2 Å². The van der Waals surface area contributed by atoms with E-state index in [9.17, 15) is 4.79 Å². The zero-order valence-corrected chi connectivity index (χ0v) is 15.2. The van der Waals surface area contributed by atoms with E-state index in [0.29, 0.717) is 36.2 Å². The molecule has 2 aromatic heterocycles. The van der Waals surface area contributed by atoms with Gasteiger partial charge in [-0.2, -0.15) is 0 Å². The van der Waals surface area contributed by atoms with Crippen LogP contribution in [-0.2, 0) is 22.7 Å². The van der Waals surface area contributed by atoms with E-state index >= 15 is 0 Å². The molecule has 0 saturated carbocycles. The van der Waals surface area contributed by atoms with Gasteiger partial charge < -0.3 is 14.9 Å². The number of primary amides is 1. The Kier molecular flexibility index (Phi) is 5.36. The second-order valence-electron chi connectivity index (χ2n) is 6.36. The molecule has 1 fully saturated rings. The predicted octanol–water partition coefficient (Wildman–Crippen LogP) is 1.62. The summed E-state index contributed by atoms with van der Waals surface area (Å²) >= 11 is 5.59. The lowest BCUT2D eigenvalue weighted by molar-refractivity contribution is -0.118. The van der Waals surface area contributed by atoms with Gasteiger partial charge in [0.2, 0.25) is 5.91 Å². The second-order valence-corrected chi connectivity index (χ2v) is 6.72. The summed E-state index contributed by atoms with van der Waals surface area (Å²) in [6.07, 6.45) is 1.95. The number of furan rings is 1. The van der Waals surface area contributed by atoms with Crippen molar-refractivity contribution in [3.63, 3.8) is 0 Å². The number of amides is 1. The second kappa shape index (κ2) is 7.51. The highest BCUT2D eigenvalue weighted by molar-refractivity contribution is 7.71. The van der Waals surface area contributed by atoms with Gasteiger partial charge in [0, 0.05) is 25.6 Å². The van der Waals surface area contributed by atoms with Gasteiger partial charge in [-0.1, -0.05) is 0 Å². The molecular formula is C16H23N5O3S. The van der Waals surface area contributed by atoms with Crippen LogP contribution in [0.5, 0.6) is 0 Å². The van der Waals surface area contributed by atoms with Crippen molar-refractivity contribution in [1.29, 1.82) is 0 Å². The van der Waals surface area contributed by atoms with E-state index in [4.69, 9.17) is 27.1 Å². The van der Waals surface area contributed by atoms with Crippen LogP contribution in [0.1, 0.15) is 20.3 Å². The smallest absolute Gasteiger partial charge is 0.219 e. The van der Waals surface area contributed by atoms with Crippen molar-refractivity contribution in [1.82, 2.24) is 19.2 Å². The molecule has 8 nitrogen and oxygen atoms in total. The van der Waals surface area contributed by atoms with E-state index in [2.05, 4.69) is 23.8 Å². The van der Waals surface area contributed by atoms with E-state index in [0.717, 1.165) is 6.54 Å². The summed E-state index contributed by atoms with van der Waals surface area (Å²) in [7, 11) is 0. The minimum absolute atomic E-state index is 0.173. The fourth-order valence-electron chi connectivity index (χ4n) is 2.89. The summed E-state index contributed by atoms with van der Waals surface area (Å²) in [6, 6.07) is 3.89. The maximum absolute atomic E-state index is 11.2. The van der Waals surface area contributed by atoms with Gasteiger partial charge in [0.05, 0.1) is 25.6 Å². The van der Waals surface area contributed by atoms with Crippen LogP contribution in [0.25, 0.3) is 11.6 Å². The number of nitrogens with two attached hydrogens (primary N) is 1. The summed E-state index contributed by atoms with van der Waals surface area (Å²) in [5.41, 5.74) is 5.29. The largest absolute Gasteiger partial charge is 0.461 e. The number of nitrogens with zero attached hydrogens (tertiary/aromatic N) is 4. The van der Waals surface area contributed by atoms with Crippen molar-refractivity contribution in [2.24, 2.45) is 5.73 Å². The molecule has 2 N–H and O–H groups in total. The van der Waals surface area contributed by atoms with Crippen molar-refractivity contribution in [3.05, 3.63) is 23.2 Å². The van der Waals surface area contributed by atoms with Gasteiger partial charge in [0.25, 0.3) is 0 Å². The molecule has 1 amide bonds. The number of ether oxygens (including phenoxy) is 1. The van der Waals surface area contributed by atoms with E-state index in [-0.39, 0.29) is 24.5 Å². The van der Waals surface area contributed by atoms with Gasteiger partial charge in [-0.25, -0.2) is 4.68 Å². The van der Waals surface area contributed by atoms with Crippen molar-refractivity contribution in [2.45, 2.75) is 45.6 Å². The number of morpholine rings is 1. The first kappa shape index (κ1) is 17.8. The van der Waals surface area contributed by atoms with Crippen molar-refractivity contribution >= 4 is 18.1 Å². The highest BCUT2D eigenvalue weighted by atomic mass is 32.1. The fraction of sp³-hybridized carbons (Fsp3) is 0.562. The molecule has 0 aromatic carbocycles. The normalized spacial score (nSPS) is 21.5. The van der Waals surface area contributed by atoms with Crippen LogP contribution in [0.15, 0.2) is 22.8 Å². The van der Waals surface area contributed by atoms with Gasteiger partial charge in [-0.3, -0.25) is 14.3 Å². The van der Waals surface area contributed by atoms with Gasteiger partial charge in [0.15, 0.2) is 16.4 Å². The van der Waals surface area contributed by atoms with Crippen LogP contribution < -0.4 is 5.73 Å². The molecule has 136 valence electrons. The summed E-state index contributed by atoms with van der Waals surface area (Å²) < 4.78 is 15.2. The van der Waals surface area contributed by atoms with Crippen LogP contribution in [0.4, 0.5) is 0 Å². The summed E-state index contributed by atoms with van der Waals surface area (Å²) in [6.45, 7) is 6.60. The van der Waals surface area contributed by atoms with Crippen LogP contribution in [-0.4, -0.2) is 50.5 Å². The fourth-order valence-corrected chi connectivity index (χ4v) is 3.16. The number of aromatic nitrogens is 3. The Hall–Kier alpha value is -1.97. The number of hydrogen-bond acceptors (Lipinski definition) is 6. The minimum atomic E-state index is -0.379. The molecule has 0 bridgehead atoms. The molecule has 1 aliphatic heterocycles. The van der Waals surface area contributed by atoms with Gasteiger partial charge in [-0.15, -0.1) is 5.10 Å². The first-order chi connectivity index (χ1) is 12.0. The van der Waals surface area contributed by atoms with Gasteiger partial charge >= 0.3 is 0 Å². The summed E-state index contributed by atoms with van der Waals surface area (Å²) in [5, 5.41) is 4.63. The molecule has 3 rings (SSSR count). The van der Waals surface area contributed by atoms with E-state index in [1.54, 1.807) is 21.6 Å². The third-order valence-corrected chi connectivity index (χ3v) is 4.73. The number of carbonyl (C=O) groups excluding carboxylic acids is 1. The Morgan fingerprint density at radius 1 is 1.48 bits per heavy atom. The Morgan fingerprint density at radius 3 is 2.96 bits per heavy atom. The number of hydrogen-bond donors (Lipinski definition) is 1. The molecule has 3 heterocycles. The van der Waals surface area contributed by atoms with Crippen molar-refractivity contribution < 1.29 is 13.9 Å². The topological polar surface area (TPSA) is 91.5 Å². The lowest BCUT2D eigenvalue weighted by Gasteiger charge is -2.36. The highest BCUT2D eigenvalue weighted by Crippen LogP contribution is 2.20. The third kappa shape index (κ3) is 4.00. The van der Waals surface area contributed by atoms with Crippen LogP contribution >= 0.6 is 12.2 Å². The molecule has 25 heavy (non-hydrogen) atoms. The monoisotopic (exact) mass is 365 g/mol. The molecule has 2 atom stereocenters. The molecule has 1 aliphatic rings. The van der Waals surface area contributed by atoms with Crippen LogP contribution in [0.2, 0.25) is 0 Å². The Labute approximate surface area is 151 Å². The average molecular weight is 365 g/mol. The zero-order valence-electron chi connectivity index (χ0n) is 14.4. The lowest BCUT2D eigenvalue weighted by atomic mass is 10.2. The summed E-state index contributed by atoms with van der Waals surface area (Å²) in [4.78, 5) is 13.5. The lowest BCUT2D eigenvalue weighted by Crippen LogP contribution is -2.47. The van der Waals surface area contributed by atoms with E-state index < -0.39 is 0 Å². The van der Waals surface area contributed by atoms with Crippen LogP contribution in [0, 0.1) is 4.77 Å². The summed E-state index contributed by atoms with van der Waals surface area (Å²) in [5.74, 6) is 0.832. The highest BCUT2D eigenvalue weighted by Gasteiger charge is 2.25. The van der Waals surface area contributed by atoms with Crippen molar-refractivity contribution in [3.8, 4) is 11.6 Å². The standard InChI is InChI=1S/C16H23N5O3S/c1-11-9-24-12(2)8-19(11)10-21-16(25)20(6-5-14(17)22)15(18-21)13-4-3-7-23-13/h3-4,7,11-12H,5-6,8-10H2,1-2H3,(H2,17,22). The molecule has 0 aliphatic carbocycles. The average Bonchev–Trinajstić information content (AvgIpc) is 3.18. The molecule has 2 unspecified atom stereocenters. The van der Waals surface area contributed by atoms with Gasteiger partial charge in [0.1, 0.15) is 0 Å². The first-order valence-corrected chi connectivity index (χ1v) is 8.72. The predicted molar refractivity (Wildman–Crippen MR) is 94.1 cm³/mol. The third-order valence-electron chi connectivity index (χ3n) is 4.30. The SMILES string of the molecule is CC1CN(Cn2nc(-c3ccco3)n(CCC(N)=O)c2=S)C(C)CO1. The Balaban J connectivity index is 1.90. The molecular weight excluding hydrogens is 342 g/mol. The van der Waals surface area contributed by atoms with E-state index in [1.807, 2.05) is 6.07 Å². The molecule has 2 aromatic rings. The minimum Gasteiger partial charge on any atom is -0.461 e. The van der Waals surface area contributed by atoms with E-state index in [1.165, 1.54) is 0 Å². The first-order valence-electron chi connectivity index (χ1n) is 8.31. The Morgan fingerprint density at radius 2 is 2.28 bits per heavy atom. The van der Waals surface area contributed by atoms with Crippen LogP contribution in [0.3, 0.4) is 0 Å². The maximum atomic E-state index is 11.2. The molecule has 0 radical (unpaired) electrons.